The summed E-state index contributed by atoms with van der Waals surface area (Å²) in [6.07, 6.45) is 2.15. The molecule has 0 saturated carbocycles. The summed E-state index contributed by atoms with van der Waals surface area (Å²) in [6, 6.07) is 6.35. The van der Waals surface area contributed by atoms with Crippen LogP contribution >= 0.6 is 0 Å². The number of nitrogens with two attached hydrogens (primary N) is 1. The third-order valence-corrected chi connectivity index (χ3v) is 4.02. The maximum absolute atomic E-state index is 14.1. The van der Waals surface area contributed by atoms with Gasteiger partial charge in [0.2, 0.25) is 0 Å². The van der Waals surface area contributed by atoms with Gasteiger partial charge in [-0.1, -0.05) is 0 Å². The van der Waals surface area contributed by atoms with Crippen LogP contribution < -0.4 is 20.5 Å². The Morgan fingerprint density at radius 1 is 1.41 bits per heavy atom. The van der Waals surface area contributed by atoms with E-state index in [1.165, 1.54) is 19.4 Å². The van der Waals surface area contributed by atoms with E-state index in [-0.39, 0.29) is 23.8 Å². The van der Waals surface area contributed by atoms with E-state index < -0.39 is 5.82 Å². The van der Waals surface area contributed by atoms with E-state index >= 15 is 0 Å². The molecule has 7 nitrogen and oxygen atoms in total. The summed E-state index contributed by atoms with van der Waals surface area (Å²) < 4.78 is 24.8. The maximum Gasteiger partial charge on any atom is 0.287 e. The molecule has 1 aromatic heterocycles. The van der Waals surface area contributed by atoms with Crippen molar-refractivity contribution in [2.75, 3.05) is 19.9 Å². The van der Waals surface area contributed by atoms with Crippen LogP contribution in [0.5, 0.6) is 11.5 Å². The van der Waals surface area contributed by atoms with Crippen molar-refractivity contribution >= 4 is 23.7 Å². The lowest BCUT2D eigenvalue weighted by atomic mass is 9.96. The van der Waals surface area contributed by atoms with E-state index in [2.05, 4.69) is 10.3 Å². The molecule has 0 amide bonds. The molecule has 1 aromatic carbocycles. The average Bonchev–Trinajstić information content (AvgIpc) is 2.68. The second-order valence-corrected chi connectivity index (χ2v) is 5.66. The van der Waals surface area contributed by atoms with Crippen molar-refractivity contribution in [1.29, 1.82) is 5.41 Å². The van der Waals surface area contributed by atoms with Gasteiger partial charge in [-0.2, -0.15) is 0 Å². The van der Waals surface area contributed by atoms with E-state index in [9.17, 15) is 9.18 Å². The van der Waals surface area contributed by atoms with Crippen LogP contribution in [0, 0.1) is 11.2 Å². The lowest BCUT2D eigenvalue weighted by Crippen LogP contribution is -2.23. The molecule has 0 radical (unpaired) electrons. The number of amidine groups is 1. The summed E-state index contributed by atoms with van der Waals surface area (Å²) in [5.74, 6) is 0.0266. The molecule has 142 valence electrons. The number of hydrogen-bond donors (Lipinski definition) is 3. The number of halogens is 1. The minimum Gasteiger partial charge on any atom is -0.496 e. The highest BCUT2D eigenvalue weighted by molar-refractivity contribution is 5.89. The van der Waals surface area contributed by atoms with Crippen LogP contribution in [0.25, 0.3) is 5.57 Å². The molecule has 0 fully saturated rings. The van der Waals surface area contributed by atoms with Crippen LogP contribution in [0.4, 0.5) is 10.2 Å². The molecule has 0 atom stereocenters. The molecule has 0 spiro atoms. The lowest BCUT2D eigenvalue weighted by Gasteiger charge is -2.14. The van der Waals surface area contributed by atoms with Crippen molar-refractivity contribution in [1.82, 2.24) is 10.3 Å². The first-order valence-electron chi connectivity index (χ1n) is 8.07. The van der Waals surface area contributed by atoms with Crippen molar-refractivity contribution in [3.05, 3.63) is 53.0 Å². The van der Waals surface area contributed by atoms with E-state index in [1.54, 1.807) is 32.2 Å². The number of ether oxygens (including phenoxy) is 2. The number of methoxy groups -OCH3 is 1. The highest BCUT2D eigenvalue weighted by atomic mass is 19.1. The van der Waals surface area contributed by atoms with Crippen LogP contribution in [0.15, 0.2) is 36.0 Å². The van der Waals surface area contributed by atoms with E-state index in [0.717, 1.165) is 0 Å². The number of carbonyl (C=O) groups is 1. The van der Waals surface area contributed by atoms with E-state index in [1.807, 2.05) is 0 Å². The molecule has 1 heterocycles. The fourth-order valence-corrected chi connectivity index (χ4v) is 2.49. The van der Waals surface area contributed by atoms with Crippen molar-refractivity contribution in [2.45, 2.75) is 13.3 Å². The first-order valence-corrected chi connectivity index (χ1v) is 8.07. The highest BCUT2D eigenvalue weighted by Crippen LogP contribution is 2.32. The Kier molecular flexibility index (Phi) is 6.48. The Hall–Kier alpha value is -3.42. The number of nitrogens with zero attached hydrogens (tertiary/aromatic N) is 1. The van der Waals surface area contributed by atoms with Gasteiger partial charge < -0.3 is 20.5 Å². The Labute approximate surface area is 156 Å². The van der Waals surface area contributed by atoms with Crippen LogP contribution in [0.2, 0.25) is 0 Å². The van der Waals surface area contributed by atoms with Crippen molar-refractivity contribution in [3.8, 4) is 11.5 Å². The van der Waals surface area contributed by atoms with Crippen LogP contribution in [-0.2, 0) is 11.2 Å². The summed E-state index contributed by atoms with van der Waals surface area (Å²) in [5.41, 5.74) is 7.45. The number of nitrogens with one attached hydrogen (secondary N) is 2. The number of carbonyl (C=O) groups excluding carboxylic acids is 1. The normalized spacial score (nSPS) is 11.4. The minimum absolute atomic E-state index is 0.0691. The zero-order valence-electron chi connectivity index (χ0n) is 15.3. The molecule has 0 saturated heterocycles. The Bertz CT molecular complexity index is 897. The number of allylic oxidation sites excluding steroid dienone is 2. The number of rotatable bonds is 6. The molecule has 2 rings (SSSR count). The van der Waals surface area contributed by atoms with Gasteiger partial charge in [0.15, 0.2) is 11.6 Å². The molecule has 0 aliphatic heterocycles. The van der Waals surface area contributed by atoms with Gasteiger partial charge in [-0.15, -0.1) is 0 Å². The van der Waals surface area contributed by atoms with Crippen molar-refractivity contribution < 1.29 is 18.7 Å². The highest BCUT2D eigenvalue weighted by Gasteiger charge is 2.15. The summed E-state index contributed by atoms with van der Waals surface area (Å²) >= 11 is 0. The Balaban J connectivity index is 2.42. The first-order chi connectivity index (χ1) is 12.9. The predicted octanol–water partition coefficient (Wildman–Crippen LogP) is 2.56. The number of hydrogen-bond acceptors (Lipinski definition) is 6. The second-order valence-electron chi connectivity index (χ2n) is 5.66. The zero-order valence-corrected chi connectivity index (χ0v) is 15.3. The topological polar surface area (TPSA) is 110 Å². The molecule has 27 heavy (non-hydrogen) atoms. The van der Waals surface area contributed by atoms with Crippen molar-refractivity contribution in [2.24, 2.45) is 0 Å². The quantitative estimate of drug-likeness (QED) is 0.311. The Morgan fingerprint density at radius 2 is 2.15 bits per heavy atom. The van der Waals surface area contributed by atoms with Gasteiger partial charge in [0.25, 0.3) is 6.02 Å². The molecule has 4 N–H and O–H groups in total. The predicted molar refractivity (Wildman–Crippen MR) is 101 cm³/mol. The van der Waals surface area contributed by atoms with Crippen LogP contribution in [-0.4, -0.2) is 31.4 Å². The van der Waals surface area contributed by atoms with Gasteiger partial charge in [0.1, 0.15) is 17.8 Å². The molecule has 8 heteroatoms. The van der Waals surface area contributed by atoms with Crippen molar-refractivity contribution in [3.63, 3.8) is 0 Å². The average molecular weight is 372 g/mol. The Morgan fingerprint density at radius 3 is 2.78 bits per heavy atom. The van der Waals surface area contributed by atoms with E-state index in [0.29, 0.717) is 34.5 Å². The third-order valence-electron chi connectivity index (χ3n) is 4.02. The molecule has 0 unspecified atom stereocenters. The lowest BCUT2D eigenvalue weighted by molar-refractivity contribution is -0.104. The number of pyridine rings is 1. The minimum atomic E-state index is -0.633. The number of benzene rings is 1. The number of anilines is 1. The van der Waals surface area contributed by atoms with Gasteiger partial charge >= 0.3 is 0 Å². The van der Waals surface area contributed by atoms with Gasteiger partial charge in [-0.05, 0) is 41.8 Å². The SMILES string of the molecule is CNC(=N)Oc1ccc(/C(C)=C(\C=O)Cc2ccnc(N)c2F)c(OC)c1. The fraction of sp³-hybridized carbons (Fsp3) is 0.211. The van der Waals surface area contributed by atoms with E-state index in [4.69, 9.17) is 20.6 Å². The summed E-state index contributed by atoms with van der Waals surface area (Å²) in [7, 11) is 3.06. The smallest absolute Gasteiger partial charge is 0.287 e. The molecule has 0 bridgehead atoms. The molecular formula is C19H21FN4O3. The van der Waals surface area contributed by atoms with Gasteiger partial charge in [0, 0.05) is 31.3 Å². The number of nitrogen functional groups attached to an aromatic ring is 1. The zero-order chi connectivity index (χ0) is 20.0. The second kappa shape index (κ2) is 8.79. The number of aromatic nitrogens is 1. The maximum atomic E-state index is 14.1. The summed E-state index contributed by atoms with van der Waals surface area (Å²) in [6.45, 7) is 1.75. The molecule has 0 aliphatic carbocycles. The monoisotopic (exact) mass is 372 g/mol. The standard InChI is InChI=1S/C19H21FN4O3/c1-11(13(10-25)8-12-6-7-24-18(21)17(12)20)15-5-4-14(9-16(15)26-3)27-19(22)23-2/h4-7,9-10H,8H2,1-3H3,(H2,21,24)(H2,22,23)/b13-11-. The summed E-state index contributed by atoms with van der Waals surface area (Å²) in [5, 5.41) is 10.1. The van der Waals surface area contributed by atoms with Gasteiger partial charge in [-0.25, -0.2) is 9.37 Å². The third kappa shape index (κ3) is 4.60. The van der Waals surface area contributed by atoms with Gasteiger partial charge in [0.05, 0.1) is 7.11 Å². The summed E-state index contributed by atoms with van der Waals surface area (Å²) in [4.78, 5) is 15.3. The fourth-order valence-electron chi connectivity index (χ4n) is 2.49. The van der Waals surface area contributed by atoms with Gasteiger partial charge in [-0.3, -0.25) is 10.2 Å². The molecular weight excluding hydrogens is 351 g/mol. The first kappa shape index (κ1) is 19.9. The molecule has 0 aliphatic rings. The van der Waals surface area contributed by atoms with Crippen LogP contribution in [0.3, 0.4) is 0 Å². The van der Waals surface area contributed by atoms with Crippen LogP contribution in [0.1, 0.15) is 18.1 Å². The largest absolute Gasteiger partial charge is 0.496 e. The molecule has 2 aromatic rings. The number of aldehydes is 1.